The van der Waals surface area contributed by atoms with Gasteiger partial charge in [-0.05, 0) is 18.1 Å². The highest BCUT2D eigenvalue weighted by Crippen LogP contribution is 2.35. The van der Waals surface area contributed by atoms with E-state index in [1.165, 1.54) is 12.1 Å². The van der Waals surface area contributed by atoms with Crippen LogP contribution < -0.4 is 11.4 Å². The summed E-state index contributed by atoms with van der Waals surface area (Å²) in [6, 6.07) is 3.74. The molecule has 0 aliphatic rings. The number of aromatic nitrogens is 3. The first kappa shape index (κ1) is 14.0. The van der Waals surface area contributed by atoms with E-state index in [-0.39, 0.29) is 11.6 Å². The van der Waals surface area contributed by atoms with Crippen LogP contribution in [0.3, 0.4) is 0 Å². The largest absolute Gasteiger partial charge is 0.418 e. The van der Waals surface area contributed by atoms with Crippen molar-refractivity contribution in [1.82, 2.24) is 14.5 Å². The number of nitrogen functional groups attached to an aromatic ring is 1. The van der Waals surface area contributed by atoms with Crippen molar-refractivity contribution < 1.29 is 13.2 Å². The molecule has 0 unspecified atom stereocenters. The van der Waals surface area contributed by atoms with Crippen LogP contribution in [-0.4, -0.2) is 14.5 Å². The van der Waals surface area contributed by atoms with Gasteiger partial charge in [-0.2, -0.15) is 18.2 Å². The molecule has 0 amide bonds. The maximum absolute atomic E-state index is 13.1. The molecular weight excluding hydrogens is 273 g/mol. The number of hydrogen-bond donors (Lipinski definition) is 1. The molecular formula is C12H11F3N4O. The molecule has 1 aromatic heterocycles. The summed E-state index contributed by atoms with van der Waals surface area (Å²) in [6.45, 7) is 1.70. The second kappa shape index (κ2) is 4.95. The third-order valence-corrected chi connectivity index (χ3v) is 2.77. The van der Waals surface area contributed by atoms with Crippen LogP contribution in [0.25, 0.3) is 5.69 Å². The zero-order valence-electron chi connectivity index (χ0n) is 10.5. The fourth-order valence-electron chi connectivity index (χ4n) is 1.89. The Kier molecular flexibility index (Phi) is 3.47. The lowest BCUT2D eigenvalue weighted by Crippen LogP contribution is -2.26. The first-order valence-corrected chi connectivity index (χ1v) is 5.75. The fourth-order valence-corrected chi connectivity index (χ4v) is 1.89. The summed E-state index contributed by atoms with van der Waals surface area (Å²) in [5, 5.41) is 0. The van der Waals surface area contributed by atoms with Gasteiger partial charge in [0, 0.05) is 0 Å². The second-order valence-electron chi connectivity index (χ2n) is 4.03. The number of hydrogen-bond acceptors (Lipinski definition) is 4. The average Bonchev–Trinajstić information content (AvgIpc) is 2.37. The summed E-state index contributed by atoms with van der Waals surface area (Å²) >= 11 is 0. The number of rotatable bonds is 2. The molecule has 0 saturated heterocycles. The van der Waals surface area contributed by atoms with Crippen molar-refractivity contribution in [1.29, 1.82) is 0 Å². The monoisotopic (exact) mass is 284 g/mol. The lowest BCUT2D eigenvalue weighted by Gasteiger charge is -2.17. The number of para-hydroxylation sites is 1. The van der Waals surface area contributed by atoms with Crippen LogP contribution in [0.15, 0.2) is 29.3 Å². The molecule has 2 N–H and O–H groups in total. The standard InChI is InChI=1S/C12H11F3N4O/c1-2-7-4-3-5-8(12(13,14)15)9(7)19-6-17-10(16)18-11(19)20/h3-6H,2H2,1H3,(H2,16,18,20). The van der Waals surface area contributed by atoms with E-state index in [1.807, 2.05) is 0 Å². The molecule has 2 rings (SSSR count). The highest BCUT2D eigenvalue weighted by atomic mass is 19.4. The zero-order chi connectivity index (χ0) is 14.9. The first-order valence-electron chi connectivity index (χ1n) is 5.75. The lowest BCUT2D eigenvalue weighted by molar-refractivity contribution is -0.137. The molecule has 8 heteroatoms. The quantitative estimate of drug-likeness (QED) is 0.912. The van der Waals surface area contributed by atoms with Gasteiger partial charge in [-0.1, -0.05) is 19.1 Å². The maximum Gasteiger partial charge on any atom is 0.418 e. The Hall–Kier alpha value is -2.38. The summed E-state index contributed by atoms with van der Waals surface area (Å²) in [6.07, 6.45) is -3.30. The summed E-state index contributed by atoms with van der Waals surface area (Å²) in [5.41, 5.74) is 3.55. The van der Waals surface area contributed by atoms with Gasteiger partial charge in [0.2, 0.25) is 5.95 Å². The van der Waals surface area contributed by atoms with Crippen molar-refractivity contribution >= 4 is 5.95 Å². The van der Waals surface area contributed by atoms with Gasteiger partial charge in [0.25, 0.3) is 0 Å². The molecule has 0 aliphatic carbocycles. The van der Waals surface area contributed by atoms with Crippen molar-refractivity contribution in [2.45, 2.75) is 19.5 Å². The second-order valence-corrected chi connectivity index (χ2v) is 4.03. The zero-order valence-corrected chi connectivity index (χ0v) is 10.5. The molecule has 20 heavy (non-hydrogen) atoms. The molecule has 2 aromatic rings. The van der Waals surface area contributed by atoms with Gasteiger partial charge in [0.15, 0.2) is 0 Å². The van der Waals surface area contributed by atoms with E-state index < -0.39 is 17.4 Å². The van der Waals surface area contributed by atoms with Gasteiger partial charge < -0.3 is 5.73 Å². The Morgan fingerprint density at radius 2 is 2.05 bits per heavy atom. The molecule has 1 heterocycles. The van der Waals surface area contributed by atoms with Crippen molar-refractivity contribution in [3.05, 3.63) is 46.1 Å². The molecule has 0 fully saturated rings. The Morgan fingerprint density at radius 1 is 1.35 bits per heavy atom. The number of anilines is 1. The summed E-state index contributed by atoms with van der Waals surface area (Å²) in [7, 11) is 0. The number of nitrogens with zero attached hydrogens (tertiary/aromatic N) is 3. The van der Waals surface area contributed by atoms with Crippen molar-refractivity contribution in [2.75, 3.05) is 5.73 Å². The van der Waals surface area contributed by atoms with Gasteiger partial charge in [0.1, 0.15) is 6.33 Å². The smallest absolute Gasteiger partial charge is 0.368 e. The molecule has 0 radical (unpaired) electrons. The SMILES string of the molecule is CCc1cccc(C(F)(F)F)c1-n1cnc(N)nc1=O. The van der Waals surface area contributed by atoms with E-state index in [4.69, 9.17) is 5.73 Å². The van der Waals surface area contributed by atoms with Crippen LogP contribution in [0, 0.1) is 0 Å². The van der Waals surface area contributed by atoms with E-state index in [1.54, 1.807) is 6.92 Å². The predicted molar refractivity (Wildman–Crippen MR) is 66.4 cm³/mol. The summed E-state index contributed by atoms with van der Waals surface area (Å²) < 4.78 is 40.0. The van der Waals surface area contributed by atoms with E-state index in [0.717, 1.165) is 17.0 Å². The van der Waals surface area contributed by atoms with Crippen LogP contribution in [-0.2, 0) is 12.6 Å². The molecule has 0 atom stereocenters. The Balaban J connectivity index is 2.81. The Bertz CT molecular complexity index is 694. The number of halogens is 3. The van der Waals surface area contributed by atoms with E-state index in [0.29, 0.717) is 12.0 Å². The number of aryl methyl sites for hydroxylation is 1. The number of benzene rings is 1. The number of alkyl halides is 3. The number of nitrogens with two attached hydrogens (primary N) is 1. The van der Waals surface area contributed by atoms with Crippen LogP contribution in [0.5, 0.6) is 0 Å². The highest BCUT2D eigenvalue weighted by Gasteiger charge is 2.35. The molecule has 106 valence electrons. The average molecular weight is 284 g/mol. The minimum atomic E-state index is -4.58. The van der Waals surface area contributed by atoms with Crippen molar-refractivity contribution in [3.8, 4) is 5.69 Å². The minimum Gasteiger partial charge on any atom is -0.368 e. The summed E-state index contributed by atoms with van der Waals surface area (Å²) in [5.74, 6) is -0.284. The predicted octanol–water partition coefficient (Wildman–Crippen LogP) is 1.79. The van der Waals surface area contributed by atoms with Crippen LogP contribution in [0.1, 0.15) is 18.1 Å². The maximum atomic E-state index is 13.1. The van der Waals surface area contributed by atoms with Gasteiger partial charge >= 0.3 is 11.9 Å². The molecule has 0 bridgehead atoms. The first-order chi connectivity index (χ1) is 9.34. The molecule has 0 aliphatic heterocycles. The lowest BCUT2D eigenvalue weighted by atomic mass is 10.0. The topological polar surface area (TPSA) is 73.8 Å². The minimum absolute atomic E-state index is 0.257. The van der Waals surface area contributed by atoms with Crippen LogP contribution >= 0.6 is 0 Å². The van der Waals surface area contributed by atoms with E-state index in [2.05, 4.69) is 9.97 Å². The Morgan fingerprint density at radius 3 is 2.60 bits per heavy atom. The third-order valence-electron chi connectivity index (χ3n) is 2.77. The van der Waals surface area contributed by atoms with Gasteiger partial charge in [-0.3, -0.25) is 0 Å². The van der Waals surface area contributed by atoms with Crippen molar-refractivity contribution in [2.24, 2.45) is 0 Å². The normalized spacial score (nSPS) is 11.6. The summed E-state index contributed by atoms with van der Waals surface area (Å²) in [4.78, 5) is 18.7. The van der Waals surface area contributed by atoms with E-state index >= 15 is 0 Å². The Labute approximate surface area is 111 Å². The fraction of sp³-hybridized carbons (Fsp3) is 0.250. The molecule has 0 saturated carbocycles. The molecule has 1 aromatic carbocycles. The van der Waals surface area contributed by atoms with Gasteiger partial charge in [-0.25, -0.2) is 14.3 Å². The molecule has 5 nitrogen and oxygen atoms in total. The van der Waals surface area contributed by atoms with E-state index in [9.17, 15) is 18.0 Å². The van der Waals surface area contributed by atoms with Crippen LogP contribution in [0.4, 0.5) is 19.1 Å². The molecule has 0 spiro atoms. The van der Waals surface area contributed by atoms with Gasteiger partial charge in [-0.15, -0.1) is 0 Å². The highest BCUT2D eigenvalue weighted by molar-refractivity contribution is 5.49. The van der Waals surface area contributed by atoms with Crippen molar-refractivity contribution in [3.63, 3.8) is 0 Å². The van der Waals surface area contributed by atoms with Crippen LogP contribution in [0.2, 0.25) is 0 Å². The third kappa shape index (κ3) is 2.49. The van der Waals surface area contributed by atoms with Gasteiger partial charge in [0.05, 0.1) is 11.3 Å².